The molecule has 0 spiro atoms. The van der Waals surface area contributed by atoms with Gasteiger partial charge < -0.3 is 10.2 Å². The Morgan fingerprint density at radius 3 is 2.78 bits per heavy atom. The summed E-state index contributed by atoms with van der Waals surface area (Å²) in [6.07, 6.45) is 2.35. The third kappa shape index (κ3) is 1.57. The molecule has 2 saturated heterocycles. The average molecular weight is 251 g/mol. The number of carbonyl (C=O) groups is 2. The average Bonchev–Trinajstić information content (AvgIpc) is 2.61. The maximum Gasteiger partial charge on any atom is 0.324 e. The molecular weight excluding hydrogens is 241 g/mol. The molecule has 18 heavy (non-hydrogen) atoms. The van der Waals surface area contributed by atoms with Gasteiger partial charge in [-0.05, 0) is 0 Å². The van der Waals surface area contributed by atoms with Gasteiger partial charge in [-0.15, -0.1) is 0 Å². The number of urea groups is 1. The largest absolute Gasteiger partial charge is 0.350 e. The fraction of sp³-hybridized carbons (Fsp3) is 0.400. The molecule has 2 aliphatic rings. The topological polar surface area (TPSA) is 78.4 Å². The molecule has 0 saturated carbocycles. The number of nitrogens with zero attached hydrogens (tertiary/aromatic N) is 4. The molecule has 3 amide bonds. The van der Waals surface area contributed by atoms with Gasteiger partial charge in [-0.25, -0.2) is 19.2 Å². The summed E-state index contributed by atoms with van der Waals surface area (Å²) in [5.74, 6) is -0.547. The van der Waals surface area contributed by atoms with Gasteiger partial charge >= 0.3 is 6.03 Å². The standard InChI is InChI=1S/C10H10FN5O2/c11-7-1-12-5-14-9(7)15-3-6(4-15)16-8(17)2-13-10(16)18/h1,5-6H,2-4H2,(H,13,18). The Kier molecular flexibility index (Phi) is 2.35. The highest BCUT2D eigenvalue weighted by molar-refractivity contribution is 6.02. The summed E-state index contributed by atoms with van der Waals surface area (Å²) >= 11 is 0. The van der Waals surface area contributed by atoms with Crippen LogP contribution in [0, 0.1) is 5.82 Å². The van der Waals surface area contributed by atoms with E-state index in [0.717, 1.165) is 6.20 Å². The highest BCUT2D eigenvalue weighted by Crippen LogP contribution is 2.24. The Bertz CT molecular complexity index is 501. The van der Waals surface area contributed by atoms with Crippen LogP contribution in [0.15, 0.2) is 12.5 Å². The number of carbonyl (C=O) groups excluding carboxylic acids is 2. The second kappa shape index (κ2) is 3.90. The molecule has 2 fully saturated rings. The summed E-state index contributed by atoms with van der Waals surface area (Å²) in [4.78, 5) is 33.1. The first kappa shape index (κ1) is 10.9. The Hall–Kier alpha value is -2.25. The Morgan fingerprint density at radius 2 is 2.17 bits per heavy atom. The monoisotopic (exact) mass is 251 g/mol. The van der Waals surface area contributed by atoms with E-state index in [1.807, 2.05) is 0 Å². The smallest absolute Gasteiger partial charge is 0.324 e. The quantitative estimate of drug-likeness (QED) is 0.707. The van der Waals surface area contributed by atoms with E-state index in [2.05, 4.69) is 15.3 Å². The van der Waals surface area contributed by atoms with Crippen LogP contribution >= 0.6 is 0 Å². The maximum absolute atomic E-state index is 13.4. The fourth-order valence-corrected chi connectivity index (χ4v) is 2.13. The first-order valence-corrected chi connectivity index (χ1v) is 5.47. The second-order valence-corrected chi connectivity index (χ2v) is 4.18. The first-order chi connectivity index (χ1) is 8.66. The molecule has 1 N–H and O–H groups in total. The SMILES string of the molecule is O=C1CNC(=O)N1C1CN(c2ncncc2F)C1. The molecule has 3 heterocycles. The van der Waals surface area contributed by atoms with Crippen molar-refractivity contribution < 1.29 is 14.0 Å². The maximum atomic E-state index is 13.4. The molecule has 1 aromatic rings. The minimum atomic E-state index is -0.506. The van der Waals surface area contributed by atoms with Gasteiger partial charge in [0.15, 0.2) is 11.6 Å². The zero-order valence-electron chi connectivity index (χ0n) is 9.34. The molecule has 0 atom stereocenters. The summed E-state index contributed by atoms with van der Waals surface area (Å²) < 4.78 is 13.4. The van der Waals surface area contributed by atoms with Crippen LogP contribution in [-0.4, -0.2) is 52.5 Å². The summed E-state index contributed by atoms with van der Waals surface area (Å²) in [6, 6.07) is -0.595. The number of hydrogen-bond acceptors (Lipinski definition) is 5. The number of nitrogens with one attached hydrogen (secondary N) is 1. The molecule has 0 bridgehead atoms. The number of imide groups is 1. The van der Waals surface area contributed by atoms with Crippen molar-refractivity contribution >= 4 is 17.8 Å². The second-order valence-electron chi connectivity index (χ2n) is 4.18. The van der Waals surface area contributed by atoms with Crippen molar-refractivity contribution in [1.82, 2.24) is 20.2 Å². The van der Waals surface area contributed by atoms with Crippen LogP contribution in [0.1, 0.15) is 0 Å². The Balaban J connectivity index is 1.69. The van der Waals surface area contributed by atoms with E-state index < -0.39 is 5.82 Å². The molecular formula is C10H10FN5O2. The zero-order valence-corrected chi connectivity index (χ0v) is 9.34. The van der Waals surface area contributed by atoms with Crippen molar-refractivity contribution in [2.24, 2.45) is 0 Å². The third-order valence-electron chi connectivity index (χ3n) is 3.05. The van der Waals surface area contributed by atoms with Crippen molar-refractivity contribution in [1.29, 1.82) is 0 Å². The van der Waals surface area contributed by atoms with E-state index in [9.17, 15) is 14.0 Å². The van der Waals surface area contributed by atoms with Crippen LogP contribution in [0.3, 0.4) is 0 Å². The lowest BCUT2D eigenvalue weighted by Gasteiger charge is -2.43. The van der Waals surface area contributed by atoms with Crippen LogP contribution in [0.5, 0.6) is 0 Å². The highest BCUT2D eigenvalue weighted by atomic mass is 19.1. The number of aromatic nitrogens is 2. The molecule has 3 rings (SSSR count). The van der Waals surface area contributed by atoms with Crippen molar-refractivity contribution in [3.63, 3.8) is 0 Å². The summed E-state index contributed by atoms with van der Waals surface area (Å²) in [5, 5.41) is 2.45. The van der Waals surface area contributed by atoms with Gasteiger partial charge in [0.25, 0.3) is 0 Å². The van der Waals surface area contributed by atoms with Crippen LogP contribution < -0.4 is 10.2 Å². The molecule has 2 aliphatic heterocycles. The number of anilines is 1. The molecule has 0 radical (unpaired) electrons. The Morgan fingerprint density at radius 1 is 1.39 bits per heavy atom. The van der Waals surface area contributed by atoms with Crippen molar-refractivity contribution in [2.45, 2.75) is 6.04 Å². The lowest BCUT2D eigenvalue weighted by molar-refractivity contribution is -0.126. The zero-order chi connectivity index (χ0) is 12.7. The summed E-state index contributed by atoms with van der Waals surface area (Å²) in [6.45, 7) is 0.831. The number of rotatable bonds is 2. The van der Waals surface area contributed by atoms with Gasteiger partial charge in [0.2, 0.25) is 5.91 Å². The van der Waals surface area contributed by atoms with E-state index >= 15 is 0 Å². The fourth-order valence-electron chi connectivity index (χ4n) is 2.13. The molecule has 7 nitrogen and oxygen atoms in total. The molecule has 8 heteroatoms. The van der Waals surface area contributed by atoms with Gasteiger partial charge in [-0.1, -0.05) is 0 Å². The lowest BCUT2D eigenvalue weighted by Crippen LogP contribution is -2.61. The molecule has 0 aliphatic carbocycles. The van der Waals surface area contributed by atoms with Gasteiger partial charge in [0.1, 0.15) is 6.33 Å². The van der Waals surface area contributed by atoms with E-state index in [1.165, 1.54) is 11.2 Å². The lowest BCUT2D eigenvalue weighted by atomic mass is 10.1. The number of amides is 3. The summed E-state index contributed by atoms with van der Waals surface area (Å²) in [7, 11) is 0. The van der Waals surface area contributed by atoms with Crippen molar-refractivity contribution in [3.05, 3.63) is 18.3 Å². The predicted octanol–water partition coefficient (Wildman–Crippen LogP) is -0.644. The van der Waals surface area contributed by atoms with Crippen molar-refractivity contribution in [2.75, 3.05) is 24.5 Å². The third-order valence-corrected chi connectivity index (χ3v) is 3.05. The van der Waals surface area contributed by atoms with Crippen LogP contribution in [-0.2, 0) is 4.79 Å². The van der Waals surface area contributed by atoms with Crippen LogP contribution in [0.25, 0.3) is 0 Å². The number of hydrogen-bond donors (Lipinski definition) is 1. The minimum Gasteiger partial charge on any atom is -0.350 e. The van der Waals surface area contributed by atoms with Crippen LogP contribution in [0.2, 0.25) is 0 Å². The van der Waals surface area contributed by atoms with Gasteiger partial charge in [-0.3, -0.25) is 9.69 Å². The highest BCUT2D eigenvalue weighted by Gasteiger charge is 2.42. The minimum absolute atomic E-state index is 0.0389. The van der Waals surface area contributed by atoms with Crippen molar-refractivity contribution in [3.8, 4) is 0 Å². The van der Waals surface area contributed by atoms with Gasteiger partial charge in [-0.2, -0.15) is 0 Å². The van der Waals surface area contributed by atoms with Gasteiger partial charge in [0.05, 0.1) is 18.8 Å². The van der Waals surface area contributed by atoms with E-state index in [0.29, 0.717) is 13.1 Å². The van der Waals surface area contributed by atoms with E-state index in [4.69, 9.17) is 0 Å². The van der Waals surface area contributed by atoms with Crippen LogP contribution in [0.4, 0.5) is 15.0 Å². The normalized spacial score (nSPS) is 20.1. The molecule has 94 valence electrons. The van der Waals surface area contributed by atoms with E-state index in [1.54, 1.807) is 4.90 Å². The van der Waals surface area contributed by atoms with E-state index in [-0.39, 0.29) is 30.3 Å². The Labute approximate surface area is 102 Å². The molecule has 0 unspecified atom stereocenters. The molecule has 1 aromatic heterocycles. The molecule has 0 aromatic carbocycles. The van der Waals surface area contributed by atoms with Gasteiger partial charge in [0, 0.05) is 13.1 Å². The predicted molar refractivity (Wildman–Crippen MR) is 58.2 cm³/mol. The number of halogens is 1. The summed E-state index contributed by atoms with van der Waals surface area (Å²) in [5.41, 5.74) is 0. The first-order valence-electron chi connectivity index (χ1n) is 5.47.